The van der Waals surface area contributed by atoms with E-state index in [0.29, 0.717) is 5.89 Å². The molecule has 0 N–H and O–H groups in total. The molecule has 4 nitrogen and oxygen atoms in total. The van der Waals surface area contributed by atoms with Crippen molar-refractivity contribution in [1.82, 2.24) is 9.55 Å². The first-order valence-electron chi connectivity index (χ1n) is 20.7. The van der Waals surface area contributed by atoms with Gasteiger partial charge in [0.15, 0.2) is 5.58 Å². The van der Waals surface area contributed by atoms with E-state index in [1.54, 1.807) is 0 Å². The molecule has 0 fully saturated rings. The number of rotatable bonds is 7. The minimum atomic E-state index is 0.597. The molecular formula is C57H37N3O. The van der Waals surface area contributed by atoms with Gasteiger partial charge in [-0.15, -0.1) is 0 Å². The summed E-state index contributed by atoms with van der Waals surface area (Å²) in [6, 6.07) is 80.0. The molecule has 286 valence electrons. The highest BCUT2D eigenvalue weighted by molar-refractivity contribution is 6.19. The summed E-state index contributed by atoms with van der Waals surface area (Å²) in [5.41, 5.74) is 13.5. The summed E-state index contributed by atoms with van der Waals surface area (Å²) in [5, 5.41) is 7.40. The monoisotopic (exact) mass is 779 g/mol. The van der Waals surface area contributed by atoms with Gasteiger partial charge in [-0.05, 0) is 111 Å². The van der Waals surface area contributed by atoms with E-state index in [1.807, 2.05) is 36.4 Å². The molecule has 2 aromatic heterocycles. The van der Waals surface area contributed by atoms with Gasteiger partial charge < -0.3 is 13.9 Å². The molecule has 0 aliphatic rings. The Morgan fingerprint density at radius 1 is 0.393 bits per heavy atom. The summed E-state index contributed by atoms with van der Waals surface area (Å²) < 4.78 is 9.08. The quantitative estimate of drug-likeness (QED) is 0.162. The smallest absolute Gasteiger partial charge is 0.227 e. The van der Waals surface area contributed by atoms with Crippen molar-refractivity contribution in [3.05, 3.63) is 224 Å². The van der Waals surface area contributed by atoms with Crippen molar-refractivity contribution in [3.63, 3.8) is 0 Å². The maximum absolute atomic E-state index is 6.65. The van der Waals surface area contributed by atoms with E-state index in [9.17, 15) is 0 Å². The summed E-state index contributed by atoms with van der Waals surface area (Å²) in [4.78, 5) is 7.24. The molecular weight excluding hydrogens is 743 g/mol. The number of anilines is 3. The predicted molar refractivity (Wildman–Crippen MR) is 254 cm³/mol. The van der Waals surface area contributed by atoms with Crippen molar-refractivity contribution in [2.24, 2.45) is 0 Å². The molecule has 61 heavy (non-hydrogen) atoms. The van der Waals surface area contributed by atoms with Gasteiger partial charge in [0.1, 0.15) is 5.52 Å². The zero-order valence-electron chi connectivity index (χ0n) is 33.1. The minimum Gasteiger partial charge on any atom is -0.434 e. The van der Waals surface area contributed by atoms with E-state index < -0.39 is 0 Å². The maximum Gasteiger partial charge on any atom is 0.227 e. The third-order valence-corrected chi connectivity index (χ3v) is 12.0. The highest BCUT2D eigenvalue weighted by Gasteiger charge is 2.21. The van der Waals surface area contributed by atoms with Crippen LogP contribution in [0.25, 0.3) is 93.8 Å². The van der Waals surface area contributed by atoms with Crippen molar-refractivity contribution in [1.29, 1.82) is 0 Å². The molecule has 12 rings (SSSR count). The van der Waals surface area contributed by atoms with Crippen molar-refractivity contribution < 1.29 is 4.42 Å². The Hall–Kier alpha value is -8.21. The fourth-order valence-electron chi connectivity index (χ4n) is 9.04. The molecule has 0 amide bonds. The summed E-state index contributed by atoms with van der Waals surface area (Å²) >= 11 is 0. The second-order valence-electron chi connectivity index (χ2n) is 15.6. The van der Waals surface area contributed by atoms with Crippen LogP contribution < -0.4 is 4.90 Å². The third-order valence-electron chi connectivity index (χ3n) is 12.0. The molecule has 12 aromatic rings. The Morgan fingerprint density at radius 2 is 1.03 bits per heavy atom. The average Bonchev–Trinajstić information content (AvgIpc) is 3.93. The number of hydrogen-bond donors (Lipinski definition) is 0. The second-order valence-corrected chi connectivity index (χ2v) is 15.6. The lowest BCUT2D eigenvalue weighted by Gasteiger charge is -2.26. The number of hydrogen-bond acceptors (Lipinski definition) is 3. The first kappa shape index (κ1) is 34.8. The molecule has 4 heteroatoms. The van der Waals surface area contributed by atoms with E-state index in [2.05, 4.69) is 198 Å². The van der Waals surface area contributed by atoms with Gasteiger partial charge in [0, 0.05) is 38.8 Å². The van der Waals surface area contributed by atoms with E-state index in [1.165, 1.54) is 43.4 Å². The number of benzene rings is 10. The standard InChI is InChI=1S/C57H37N3O/c1-3-15-41(16-4-1)57-58-52-23-12-24-53(56(52)61-57)59(48-21-11-18-43(36-48)44-26-25-38-13-7-8-17-42(38)35-44)47-31-27-39(28-32-47)45-30-33-50-51-34-29-40-14-9-10-22-49(40)55(51)60(54(50)37-45)46-19-5-2-6-20-46/h1-37H. The summed E-state index contributed by atoms with van der Waals surface area (Å²) in [7, 11) is 0. The SMILES string of the molecule is c1ccc(-c2nc3cccc(N(c4ccc(-c5ccc6c7ccc8ccccc8c7n(-c7ccccc7)c6c5)cc4)c4cccc(-c5ccc6ccccc6c5)c4)c3o2)cc1. The van der Waals surface area contributed by atoms with Gasteiger partial charge in [-0.1, -0.05) is 152 Å². The lowest BCUT2D eigenvalue weighted by atomic mass is 10.00. The van der Waals surface area contributed by atoms with Gasteiger partial charge in [0.25, 0.3) is 0 Å². The number of para-hydroxylation sites is 2. The van der Waals surface area contributed by atoms with Crippen LogP contribution in [0.4, 0.5) is 17.1 Å². The van der Waals surface area contributed by atoms with E-state index in [4.69, 9.17) is 9.40 Å². The zero-order chi connectivity index (χ0) is 40.3. The van der Waals surface area contributed by atoms with Crippen LogP contribution in [0.5, 0.6) is 0 Å². The highest BCUT2D eigenvalue weighted by Crippen LogP contribution is 2.43. The molecule has 0 atom stereocenters. The van der Waals surface area contributed by atoms with Crippen LogP contribution in [0, 0.1) is 0 Å². The van der Waals surface area contributed by atoms with Crippen molar-refractivity contribution >= 4 is 71.5 Å². The van der Waals surface area contributed by atoms with Crippen LogP contribution in [-0.2, 0) is 0 Å². The Kier molecular flexibility index (Phi) is 8.13. The first-order chi connectivity index (χ1) is 30.2. The lowest BCUT2D eigenvalue weighted by Crippen LogP contribution is -2.10. The van der Waals surface area contributed by atoms with Crippen LogP contribution in [-0.4, -0.2) is 9.55 Å². The fraction of sp³-hybridized carbons (Fsp3) is 0. The minimum absolute atomic E-state index is 0.597. The van der Waals surface area contributed by atoms with E-state index >= 15 is 0 Å². The Labute approximate surface area is 352 Å². The summed E-state index contributed by atoms with van der Waals surface area (Å²) in [5.74, 6) is 0.597. The number of fused-ring (bicyclic) bond motifs is 7. The van der Waals surface area contributed by atoms with Gasteiger partial charge >= 0.3 is 0 Å². The van der Waals surface area contributed by atoms with Crippen molar-refractivity contribution in [3.8, 4) is 39.4 Å². The molecule has 0 aliphatic heterocycles. The number of oxazole rings is 1. The molecule has 0 aliphatic carbocycles. The predicted octanol–water partition coefficient (Wildman–Crippen LogP) is 15.7. The lowest BCUT2D eigenvalue weighted by molar-refractivity contribution is 0.620. The normalized spacial score (nSPS) is 11.6. The van der Waals surface area contributed by atoms with Crippen LogP contribution >= 0.6 is 0 Å². The van der Waals surface area contributed by atoms with Crippen LogP contribution in [0.3, 0.4) is 0 Å². The molecule has 10 aromatic carbocycles. The van der Waals surface area contributed by atoms with E-state index in [-0.39, 0.29) is 0 Å². The van der Waals surface area contributed by atoms with Crippen LogP contribution in [0.15, 0.2) is 229 Å². The molecule has 0 spiro atoms. The second kappa shape index (κ2) is 14.3. The van der Waals surface area contributed by atoms with Crippen molar-refractivity contribution in [2.45, 2.75) is 0 Å². The number of nitrogens with zero attached hydrogens (tertiary/aromatic N) is 3. The first-order valence-corrected chi connectivity index (χ1v) is 20.7. The van der Waals surface area contributed by atoms with Gasteiger partial charge in [0.2, 0.25) is 5.89 Å². The third kappa shape index (κ3) is 5.96. The highest BCUT2D eigenvalue weighted by atomic mass is 16.3. The van der Waals surface area contributed by atoms with E-state index in [0.717, 1.165) is 61.7 Å². The van der Waals surface area contributed by atoms with Gasteiger partial charge in [-0.25, -0.2) is 4.98 Å². The molecule has 0 saturated heterocycles. The Morgan fingerprint density at radius 3 is 1.89 bits per heavy atom. The Bertz CT molecular complexity index is 3590. The molecule has 2 heterocycles. The summed E-state index contributed by atoms with van der Waals surface area (Å²) in [6.07, 6.45) is 0. The average molecular weight is 780 g/mol. The largest absolute Gasteiger partial charge is 0.434 e. The summed E-state index contributed by atoms with van der Waals surface area (Å²) in [6.45, 7) is 0. The van der Waals surface area contributed by atoms with Crippen LogP contribution in [0.2, 0.25) is 0 Å². The van der Waals surface area contributed by atoms with Gasteiger partial charge in [-0.2, -0.15) is 0 Å². The fourth-order valence-corrected chi connectivity index (χ4v) is 9.04. The van der Waals surface area contributed by atoms with Crippen LogP contribution in [0.1, 0.15) is 0 Å². The number of aromatic nitrogens is 2. The zero-order valence-corrected chi connectivity index (χ0v) is 33.1. The topological polar surface area (TPSA) is 34.2 Å². The molecule has 0 bridgehead atoms. The molecule has 0 radical (unpaired) electrons. The maximum atomic E-state index is 6.65. The van der Waals surface area contributed by atoms with Gasteiger partial charge in [-0.3, -0.25) is 0 Å². The van der Waals surface area contributed by atoms with Gasteiger partial charge in [0.05, 0.1) is 16.7 Å². The Balaban J connectivity index is 1.01. The van der Waals surface area contributed by atoms with Crippen molar-refractivity contribution in [2.75, 3.05) is 4.90 Å². The molecule has 0 saturated carbocycles. The molecule has 0 unspecified atom stereocenters.